The minimum Gasteiger partial charge on any atom is -0.383 e. The molecule has 1 aromatic carbocycles. The summed E-state index contributed by atoms with van der Waals surface area (Å²) in [6.45, 7) is 10.8. The highest BCUT2D eigenvalue weighted by atomic mass is 16.5. The molecule has 1 aliphatic rings. The maximum atomic E-state index is 6.22. The third-order valence-electron chi connectivity index (χ3n) is 4.74. The highest BCUT2D eigenvalue weighted by Crippen LogP contribution is 2.35. The number of anilines is 1. The van der Waals surface area contributed by atoms with E-state index in [4.69, 9.17) is 4.74 Å². The van der Waals surface area contributed by atoms with E-state index in [0.717, 1.165) is 30.9 Å². The summed E-state index contributed by atoms with van der Waals surface area (Å²) >= 11 is 0. The molecule has 1 N–H and O–H groups in total. The standard InChI is InChI=1S/C19H31NO/c1-14(2)18-9-8-16(4)13-19(18)21-11-10-20-17-7-5-6-15(3)12-17/h5-7,12,14,16,18-20H,8-11,13H2,1-4H3. The maximum Gasteiger partial charge on any atom is 0.0642 e. The number of rotatable bonds is 6. The largest absolute Gasteiger partial charge is 0.383 e. The van der Waals surface area contributed by atoms with Crippen molar-refractivity contribution in [2.45, 2.75) is 53.1 Å². The molecule has 3 atom stereocenters. The third kappa shape index (κ3) is 5.03. The third-order valence-corrected chi connectivity index (χ3v) is 4.74. The molecule has 0 radical (unpaired) electrons. The fourth-order valence-corrected chi connectivity index (χ4v) is 3.47. The first kappa shape index (κ1) is 16.4. The molecule has 0 aromatic heterocycles. The van der Waals surface area contributed by atoms with Crippen LogP contribution in [-0.2, 0) is 4.74 Å². The number of benzene rings is 1. The molecule has 2 heteroatoms. The van der Waals surface area contributed by atoms with Gasteiger partial charge in [0.05, 0.1) is 12.7 Å². The number of nitrogens with one attached hydrogen (secondary N) is 1. The second-order valence-electron chi connectivity index (χ2n) is 7.03. The van der Waals surface area contributed by atoms with Crippen molar-refractivity contribution in [1.82, 2.24) is 0 Å². The quantitative estimate of drug-likeness (QED) is 0.753. The van der Waals surface area contributed by atoms with E-state index in [9.17, 15) is 0 Å². The van der Waals surface area contributed by atoms with Gasteiger partial charge in [-0.1, -0.05) is 39.3 Å². The van der Waals surface area contributed by atoms with Gasteiger partial charge in [-0.15, -0.1) is 0 Å². The fraction of sp³-hybridized carbons (Fsp3) is 0.684. The summed E-state index contributed by atoms with van der Waals surface area (Å²) in [5, 5.41) is 3.46. The molecule has 0 saturated heterocycles. The van der Waals surface area contributed by atoms with E-state index < -0.39 is 0 Å². The Balaban J connectivity index is 1.76. The van der Waals surface area contributed by atoms with Gasteiger partial charge in [-0.3, -0.25) is 0 Å². The van der Waals surface area contributed by atoms with Crippen molar-refractivity contribution in [1.29, 1.82) is 0 Å². The molecule has 21 heavy (non-hydrogen) atoms. The predicted molar refractivity (Wildman–Crippen MR) is 90.8 cm³/mol. The van der Waals surface area contributed by atoms with Crippen LogP contribution in [-0.4, -0.2) is 19.3 Å². The van der Waals surface area contributed by atoms with Crippen LogP contribution in [0.5, 0.6) is 0 Å². The highest BCUT2D eigenvalue weighted by Gasteiger charge is 2.31. The van der Waals surface area contributed by atoms with Gasteiger partial charge in [-0.25, -0.2) is 0 Å². The highest BCUT2D eigenvalue weighted by molar-refractivity contribution is 5.45. The summed E-state index contributed by atoms with van der Waals surface area (Å²) in [5.41, 5.74) is 2.48. The van der Waals surface area contributed by atoms with Gasteiger partial charge in [-0.2, -0.15) is 0 Å². The molecule has 0 bridgehead atoms. The Kier molecular flexibility index (Phi) is 6.10. The SMILES string of the molecule is Cc1cccc(NCCOC2CC(C)CCC2C(C)C)c1. The summed E-state index contributed by atoms with van der Waals surface area (Å²) in [4.78, 5) is 0. The molecule has 0 heterocycles. The van der Waals surface area contributed by atoms with Gasteiger partial charge in [0, 0.05) is 12.2 Å². The molecule has 2 rings (SSSR count). The van der Waals surface area contributed by atoms with Gasteiger partial charge in [0.1, 0.15) is 0 Å². The predicted octanol–water partition coefficient (Wildman–Crippen LogP) is 4.88. The Morgan fingerprint density at radius 1 is 1.29 bits per heavy atom. The van der Waals surface area contributed by atoms with Gasteiger partial charge in [0.25, 0.3) is 0 Å². The van der Waals surface area contributed by atoms with Crippen molar-refractivity contribution < 1.29 is 4.74 Å². The molecule has 0 amide bonds. The van der Waals surface area contributed by atoms with Crippen LogP contribution in [0, 0.1) is 24.7 Å². The molecule has 1 aliphatic carbocycles. The van der Waals surface area contributed by atoms with E-state index in [2.05, 4.69) is 57.3 Å². The molecule has 3 unspecified atom stereocenters. The molecule has 1 saturated carbocycles. The van der Waals surface area contributed by atoms with Crippen molar-refractivity contribution in [2.24, 2.45) is 17.8 Å². The monoisotopic (exact) mass is 289 g/mol. The number of hydrogen-bond acceptors (Lipinski definition) is 2. The van der Waals surface area contributed by atoms with E-state index in [0.29, 0.717) is 6.10 Å². The van der Waals surface area contributed by atoms with E-state index in [1.54, 1.807) is 0 Å². The van der Waals surface area contributed by atoms with Gasteiger partial charge in [0.2, 0.25) is 0 Å². The average Bonchev–Trinajstić information content (AvgIpc) is 2.43. The minimum atomic E-state index is 0.452. The minimum absolute atomic E-state index is 0.452. The van der Waals surface area contributed by atoms with Gasteiger partial charge in [-0.05, 0) is 55.2 Å². The van der Waals surface area contributed by atoms with E-state index >= 15 is 0 Å². The topological polar surface area (TPSA) is 21.3 Å². The summed E-state index contributed by atoms with van der Waals surface area (Å²) < 4.78 is 6.22. The van der Waals surface area contributed by atoms with Crippen molar-refractivity contribution in [3.8, 4) is 0 Å². The normalized spacial score (nSPS) is 26.0. The second kappa shape index (κ2) is 7.84. The first-order chi connectivity index (χ1) is 10.1. The van der Waals surface area contributed by atoms with Gasteiger partial charge < -0.3 is 10.1 Å². The Labute approximate surface area is 130 Å². The van der Waals surface area contributed by atoms with Crippen LogP contribution in [0.3, 0.4) is 0 Å². The zero-order chi connectivity index (χ0) is 15.2. The van der Waals surface area contributed by atoms with Crippen LogP contribution < -0.4 is 5.32 Å². The van der Waals surface area contributed by atoms with E-state index in [-0.39, 0.29) is 0 Å². The number of hydrogen-bond donors (Lipinski definition) is 1. The van der Waals surface area contributed by atoms with Crippen molar-refractivity contribution in [2.75, 3.05) is 18.5 Å². The van der Waals surface area contributed by atoms with Crippen molar-refractivity contribution in [3.63, 3.8) is 0 Å². The van der Waals surface area contributed by atoms with Crippen molar-refractivity contribution >= 4 is 5.69 Å². The first-order valence-corrected chi connectivity index (χ1v) is 8.48. The summed E-state index contributed by atoms with van der Waals surface area (Å²) in [6, 6.07) is 8.51. The van der Waals surface area contributed by atoms with E-state index in [1.165, 1.54) is 30.5 Å². The lowest BCUT2D eigenvalue weighted by molar-refractivity contribution is -0.0340. The Hall–Kier alpha value is -1.02. The zero-order valence-electron chi connectivity index (χ0n) is 14.1. The molecular weight excluding hydrogens is 258 g/mol. The molecule has 1 fully saturated rings. The Morgan fingerprint density at radius 2 is 2.10 bits per heavy atom. The van der Waals surface area contributed by atoms with E-state index in [1.807, 2.05) is 0 Å². The Bertz CT molecular complexity index is 429. The number of ether oxygens (including phenoxy) is 1. The smallest absolute Gasteiger partial charge is 0.0642 e. The second-order valence-corrected chi connectivity index (χ2v) is 7.03. The summed E-state index contributed by atoms with van der Waals surface area (Å²) in [6.07, 6.45) is 4.37. The average molecular weight is 289 g/mol. The lowest BCUT2D eigenvalue weighted by Gasteiger charge is -2.37. The molecule has 118 valence electrons. The lowest BCUT2D eigenvalue weighted by atomic mass is 9.75. The molecular formula is C19H31NO. The Morgan fingerprint density at radius 3 is 2.81 bits per heavy atom. The molecule has 0 aliphatic heterocycles. The van der Waals surface area contributed by atoms with Crippen LogP contribution in [0.15, 0.2) is 24.3 Å². The molecule has 0 spiro atoms. The van der Waals surface area contributed by atoms with Crippen LogP contribution in [0.1, 0.15) is 45.6 Å². The summed E-state index contributed by atoms with van der Waals surface area (Å²) in [5.74, 6) is 2.28. The number of aryl methyl sites for hydroxylation is 1. The van der Waals surface area contributed by atoms with Gasteiger partial charge >= 0.3 is 0 Å². The van der Waals surface area contributed by atoms with Crippen LogP contribution in [0.4, 0.5) is 5.69 Å². The fourth-order valence-electron chi connectivity index (χ4n) is 3.47. The molecule has 1 aromatic rings. The summed E-state index contributed by atoms with van der Waals surface area (Å²) in [7, 11) is 0. The molecule has 2 nitrogen and oxygen atoms in total. The maximum absolute atomic E-state index is 6.22. The van der Waals surface area contributed by atoms with Crippen LogP contribution in [0.2, 0.25) is 0 Å². The van der Waals surface area contributed by atoms with Crippen molar-refractivity contribution in [3.05, 3.63) is 29.8 Å². The lowest BCUT2D eigenvalue weighted by Crippen LogP contribution is -2.35. The zero-order valence-corrected chi connectivity index (χ0v) is 14.1. The van der Waals surface area contributed by atoms with Crippen LogP contribution in [0.25, 0.3) is 0 Å². The first-order valence-electron chi connectivity index (χ1n) is 8.48. The van der Waals surface area contributed by atoms with Gasteiger partial charge in [0.15, 0.2) is 0 Å². The van der Waals surface area contributed by atoms with Crippen LogP contribution >= 0.6 is 0 Å².